The van der Waals surface area contributed by atoms with Gasteiger partial charge in [-0.3, -0.25) is 13.9 Å². The number of halogens is 1. The molecular weight excluding hydrogens is 667 g/mol. The van der Waals surface area contributed by atoms with Gasteiger partial charge in [0.25, 0.3) is 0 Å². The number of ether oxygens (including phenoxy) is 3. The molecular formula is C34H40ClO8PS2. The zero-order valence-electron chi connectivity index (χ0n) is 26.7. The summed E-state index contributed by atoms with van der Waals surface area (Å²) in [6, 6.07) is 17.1. The Bertz CT molecular complexity index is 1560. The van der Waals surface area contributed by atoms with Gasteiger partial charge in [0.05, 0.1) is 19.3 Å². The van der Waals surface area contributed by atoms with Crippen molar-refractivity contribution in [2.75, 3.05) is 25.3 Å². The third-order valence-electron chi connectivity index (χ3n) is 7.26. The average molecular weight is 707 g/mol. The summed E-state index contributed by atoms with van der Waals surface area (Å²) in [7, 11) is -1.49. The topological polar surface area (TPSA) is 97.4 Å². The number of hydrogen-bond acceptors (Lipinski definition) is 10. The second kappa shape index (κ2) is 17.1. The van der Waals surface area contributed by atoms with E-state index in [1.54, 1.807) is 6.07 Å². The van der Waals surface area contributed by atoms with Crippen LogP contribution in [0.25, 0.3) is 0 Å². The molecule has 0 spiro atoms. The van der Waals surface area contributed by atoms with Crippen LogP contribution in [0.2, 0.25) is 5.02 Å². The summed E-state index contributed by atoms with van der Waals surface area (Å²) in [5.74, 6) is 0.820. The van der Waals surface area contributed by atoms with Crippen molar-refractivity contribution in [3.05, 3.63) is 93.0 Å². The molecule has 46 heavy (non-hydrogen) atoms. The number of carbonyl (C=O) groups excluding carboxylic acids is 2. The first-order chi connectivity index (χ1) is 22.0. The fraction of sp³-hybridized carbons (Fsp3) is 0.412. The molecule has 0 aliphatic carbocycles. The number of benzene rings is 3. The van der Waals surface area contributed by atoms with Crippen LogP contribution in [0.1, 0.15) is 79.0 Å². The predicted molar refractivity (Wildman–Crippen MR) is 186 cm³/mol. The third-order valence-corrected chi connectivity index (χ3v) is 10.9. The highest BCUT2D eigenvalue weighted by Gasteiger charge is 2.35. The highest BCUT2D eigenvalue weighted by molar-refractivity contribution is 8.82. The van der Waals surface area contributed by atoms with Gasteiger partial charge in [0.15, 0.2) is 6.35 Å². The Balaban J connectivity index is 1.37. The minimum Gasteiger partial charge on any atom is -0.481 e. The Hall–Kier alpha value is -2.46. The molecule has 0 radical (unpaired) electrons. The van der Waals surface area contributed by atoms with Gasteiger partial charge in [-0.15, -0.1) is 0 Å². The van der Waals surface area contributed by atoms with Crippen LogP contribution in [-0.4, -0.2) is 36.6 Å². The van der Waals surface area contributed by atoms with Gasteiger partial charge < -0.3 is 18.7 Å². The molecule has 3 aromatic rings. The molecule has 1 saturated heterocycles. The van der Waals surface area contributed by atoms with E-state index in [-0.39, 0.29) is 24.1 Å². The van der Waals surface area contributed by atoms with Crippen LogP contribution in [0.15, 0.2) is 54.6 Å². The maximum atomic E-state index is 13.4. The van der Waals surface area contributed by atoms with Crippen LogP contribution in [0.5, 0.6) is 11.5 Å². The summed E-state index contributed by atoms with van der Waals surface area (Å²) in [6.45, 7) is 10.7. The van der Waals surface area contributed by atoms with Gasteiger partial charge in [0, 0.05) is 22.2 Å². The molecule has 0 aromatic heterocycles. The highest BCUT2D eigenvalue weighted by atomic mass is 35.5. The molecule has 8 nitrogen and oxygen atoms in total. The van der Waals surface area contributed by atoms with Crippen LogP contribution in [-0.2, 0) is 29.6 Å². The van der Waals surface area contributed by atoms with Crippen molar-refractivity contribution in [1.82, 2.24) is 0 Å². The first-order valence-electron chi connectivity index (χ1n) is 15.2. The highest BCUT2D eigenvalue weighted by Crippen LogP contribution is 2.56. The molecule has 0 N–H and O–H groups in total. The minimum absolute atomic E-state index is 0.0220. The average Bonchev–Trinajstić information content (AvgIpc) is 3.01. The smallest absolute Gasteiger partial charge is 0.378 e. The lowest BCUT2D eigenvalue weighted by Gasteiger charge is -2.30. The van der Waals surface area contributed by atoms with Crippen molar-refractivity contribution in [1.29, 1.82) is 0 Å². The zero-order valence-corrected chi connectivity index (χ0v) is 30.0. The van der Waals surface area contributed by atoms with Crippen molar-refractivity contribution in [2.45, 2.75) is 65.9 Å². The Labute approximate surface area is 284 Å². The Morgan fingerprint density at radius 1 is 1.09 bits per heavy atom. The van der Waals surface area contributed by atoms with E-state index >= 15 is 0 Å². The molecule has 0 unspecified atom stereocenters. The van der Waals surface area contributed by atoms with Crippen molar-refractivity contribution in [3.8, 4) is 11.5 Å². The Morgan fingerprint density at radius 3 is 2.54 bits per heavy atom. The van der Waals surface area contributed by atoms with Gasteiger partial charge in [-0.1, -0.05) is 67.4 Å². The van der Waals surface area contributed by atoms with Crippen LogP contribution in [0.4, 0.5) is 4.79 Å². The van der Waals surface area contributed by atoms with Gasteiger partial charge >= 0.3 is 18.9 Å². The van der Waals surface area contributed by atoms with E-state index in [4.69, 9.17) is 34.9 Å². The second-order valence-electron chi connectivity index (χ2n) is 11.3. The molecule has 1 heterocycles. The molecule has 2 atom stereocenters. The molecule has 1 aliphatic heterocycles. The number of carbonyl (C=O) groups is 2. The first-order valence-corrected chi connectivity index (χ1v) is 19.6. The normalized spacial score (nSPS) is 17.9. The van der Waals surface area contributed by atoms with Crippen LogP contribution >= 0.6 is 40.8 Å². The number of hydrogen-bond donors (Lipinski definition) is 0. The number of aryl methyl sites for hydroxylation is 2. The van der Waals surface area contributed by atoms with Crippen molar-refractivity contribution < 1.29 is 37.4 Å². The number of esters is 1. The van der Waals surface area contributed by atoms with Crippen molar-refractivity contribution >= 4 is 52.1 Å². The molecule has 0 amide bonds. The summed E-state index contributed by atoms with van der Waals surface area (Å²) in [4.78, 5) is 24.1. The zero-order chi connectivity index (χ0) is 33.3. The molecule has 12 heteroatoms. The van der Waals surface area contributed by atoms with E-state index < -0.39 is 18.9 Å². The minimum atomic E-state index is -3.48. The quantitative estimate of drug-likeness (QED) is 0.0739. The van der Waals surface area contributed by atoms with E-state index in [0.29, 0.717) is 42.6 Å². The van der Waals surface area contributed by atoms with Crippen molar-refractivity contribution in [3.63, 3.8) is 0 Å². The molecule has 1 fully saturated rings. The van der Waals surface area contributed by atoms with Gasteiger partial charge in [0.1, 0.15) is 17.3 Å². The van der Waals surface area contributed by atoms with Gasteiger partial charge in [-0.05, 0) is 96.3 Å². The Morgan fingerprint density at radius 2 is 1.85 bits per heavy atom. The second-order valence-corrected chi connectivity index (χ2v) is 15.9. The fourth-order valence-corrected chi connectivity index (χ4v) is 8.03. The summed E-state index contributed by atoms with van der Waals surface area (Å²) in [5.41, 5.74) is 6.07. The molecule has 0 saturated carbocycles. The SMILES string of the molecule is CCCOC(=O)SSCC(=O)Oc1ccc(Cc2c(C)cc(OC[P@@]3(=O)OCC[C@@H](c4cccc(Cl)c4)O3)cc2C)cc1C(C)C. The lowest BCUT2D eigenvalue weighted by atomic mass is 9.93. The van der Waals surface area contributed by atoms with E-state index in [1.807, 2.05) is 63.2 Å². The van der Waals surface area contributed by atoms with Gasteiger partial charge in [-0.2, -0.15) is 0 Å². The predicted octanol–water partition coefficient (Wildman–Crippen LogP) is 10.2. The lowest BCUT2D eigenvalue weighted by molar-refractivity contribution is -0.131. The first kappa shape index (κ1) is 36.4. The molecule has 0 bridgehead atoms. The van der Waals surface area contributed by atoms with E-state index in [2.05, 4.69) is 19.9 Å². The van der Waals surface area contributed by atoms with Crippen LogP contribution < -0.4 is 9.47 Å². The molecule has 1 aliphatic rings. The van der Waals surface area contributed by atoms with E-state index in [0.717, 1.165) is 61.4 Å². The summed E-state index contributed by atoms with van der Waals surface area (Å²) >= 11 is 6.14. The van der Waals surface area contributed by atoms with Crippen LogP contribution in [0.3, 0.4) is 0 Å². The standard InChI is InChI=1S/C34H40ClO8PS2/c1-6-13-39-34(37)46-45-20-33(36)42-32-11-10-25(17-29(32)22(2)3)18-30-23(4)15-28(16-24(30)5)40-21-44(38)41-14-12-31(43-44)26-8-7-9-27(35)19-26/h7-11,15-17,19,22,31H,6,12-14,18,20-21H2,1-5H3/t31-,44+/m0/s1. The van der Waals surface area contributed by atoms with E-state index in [9.17, 15) is 14.2 Å². The molecule has 248 valence electrons. The molecule has 4 rings (SSSR count). The van der Waals surface area contributed by atoms with Crippen molar-refractivity contribution in [2.24, 2.45) is 0 Å². The number of rotatable bonds is 13. The van der Waals surface area contributed by atoms with Gasteiger partial charge in [0.2, 0.25) is 0 Å². The summed E-state index contributed by atoms with van der Waals surface area (Å²) < 4.78 is 41.5. The lowest BCUT2D eigenvalue weighted by Crippen LogP contribution is -2.17. The third kappa shape index (κ3) is 10.5. The molecule has 3 aromatic carbocycles. The fourth-order valence-electron chi connectivity index (χ4n) is 4.99. The van der Waals surface area contributed by atoms with Gasteiger partial charge in [-0.25, -0.2) is 4.79 Å². The maximum Gasteiger partial charge on any atom is 0.378 e. The summed E-state index contributed by atoms with van der Waals surface area (Å²) in [5, 5.41) is 0.181. The summed E-state index contributed by atoms with van der Waals surface area (Å²) in [6.07, 6.45) is 1.42. The largest absolute Gasteiger partial charge is 0.481 e. The van der Waals surface area contributed by atoms with E-state index in [1.165, 1.54) is 0 Å². The Kier molecular flexibility index (Phi) is 13.5. The van der Waals surface area contributed by atoms with Crippen LogP contribution in [0, 0.1) is 13.8 Å². The monoisotopic (exact) mass is 706 g/mol. The maximum absolute atomic E-state index is 13.4.